The Morgan fingerprint density at radius 3 is 2.50 bits per heavy atom. The molecule has 0 aliphatic heterocycles. The molecule has 2 N–H and O–H groups in total. The third-order valence-corrected chi connectivity index (χ3v) is 4.14. The van der Waals surface area contributed by atoms with Crippen LogP contribution in [0.2, 0.25) is 0 Å². The van der Waals surface area contributed by atoms with E-state index in [4.69, 9.17) is 10.5 Å². The second kappa shape index (κ2) is 7.70. The Kier molecular flexibility index (Phi) is 5.17. The van der Waals surface area contributed by atoms with Gasteiger partial charge in [0.05, 0.1) is 12.8 Å². The predicted molar refractivity (Wildman–Crippen MR) is 105 cm³/mol. The zero-order valence-corrected chi connectivity index (χ0v) is 14.8. The minimum absolute atomic E-state index is 0.150. The van der Waals surface area contributed by atoms with E-state index in [9.17, 15) is 4.79 Å². The zero-order valence-electron chi connectivity index (χ0n) is 14.8. The normalized spacial score (nSPS) is 11.0. The molecule has 0 atom stereocenters. The van der Waals surface area contributed by atoms with E-state index in [1.165, 1.54) is 10.6 Å². The molecule has 0 unspecified atom stereocenters. The lowest BCUT2D eigenvalue weighted by Gasteiger charge is -2.06. The van der Waals surface area contributed by atoms with Crippen molar-refractivity contribution in [2.75, 3.05) is 12.8 Å². The van der Waals surface area contributed by atoms with Crippen molar-refractivity contribution >= 4 is 18.1 Å². The molecule has 26 heavy (non-hydrogen) atoms. The lowest BCUT2D eigenvalue weighted by Crippen LogP contribution is -2.21. The van der Waals surface area contributed by atoms with E-state index >= 15 is 0 Å². The highest BCUT2D eigenvalue weighted by molar-refractivity contribution is 5.70. The van der Waals surface area contributed by atoms with Gasteiger partial charge in [-0.15, -0.1) is 0 Å². The molecule has 0 saturated heterocycles. The van der Waals surface area contributed by atoms with Crippen LogP contribution in [0.3, 0.4) is 0 Å². The average Bonchev–Trinajstić information content (AvgIpc) is 2.65. The highest BCUT2D eigenvalue weighted by Crippen LogP contribution is 2.15. The van der Waals surface area contributed by atoms with Gasteiger partial charge in [0, 0.05) is 19.5 Å². The Labute approximate surface area is 152 Å². The van der Waals surface area contributed by atoms with Crippen molar-refractivity contribution in [3.63, 3.8) is 0 Å². The largest absolute Gasteiger partial charge is 0.497 e. The summed E-state index contributed by atoms with van der Waals surface area (Å²) in [5.41, 5.74) is 9.53. The number of anilines is 1. The molecule has 0 radical (unpaired) electrons. The van der Waals surface area contributed by atoms with Gasteiger partial charge in [0.15, 0.2) is 0 Å². The molecular formula is C21H21N3O2. The Morgan fingerprint density at radius 1 is 1.08 bits per heavy atom. The van der Waals surface area contributed by atoms with Crippen molar-refractivity contribution in [2.24, 2.45) is 7.05 Å². The number of benzene rings is 2. The molecule has 0 aliphatic carbocycles. The van der Waals surface area contributed by atoms with Crippen molar-refractivity contribution < 1.29 is 4.74 Å². The fraction of sp³-hybridized carbons (Fsp3) is 0.143. The Hall–Kier alpha value is -3.34. The van der Waals surface area contributed by atoms with Gasteiger partial charge in [0.1, 0.15) is 5.75 Å². The highest BCUT2D eigenvalue weighted by atomic mass is 16.5. The van der Waals surface area contributed by atoms with Crippen LogP contribution in [-0.2, 0) is 13.5 Å². The molecule has 3 rings (SSSR count). The number of nitrogen functional groups attached to an aromatic ring is 1. The third-order valence-electron chi connectivity index (χ3n) is 4.14. The summed E-state index contributed by atoms with van der Waals surface area (Å²) in [6.07, 6.45) is 4.66. The Bertz CT molecular complexity index is 989. The summed E-state index contributed by atoms with van der Waals surface area (Å²) in [6, 6.07) is 17.5. The Morgan fingerprint density at radius 2 is 1.81 bits per heavy atom. The van der Waals surface area contributed by atoms with Gasteiger partial charge in [0.25, 0.3) is 5.56 Å². The molecule has 1 heterocycles. The van der Waals surface area contributed by atoms with Gasteiger partial charge >= 0.3 is 0 Å². The number of nitrogens with two attached hydrogens (primary N) is 1. The van der Waals surface area contributed by atoms with Crippen molar-refractivity contribution in [2.45, 2.75) is 6.42 Å². The zero-order chi connectivity index (χ0) is 18.5. The van der Waals surface area contributed by atoms with Crippen molar-refractivity contribution in [3.05, 3.63) is 87.3 Å². The molecule has 3 aromatic rings. The molecule has 5 nitrogen and oxygen atoms in total. The van der Waals surface area contributed by atoms with Gasteiger partial charge in [0.2, 0.25) is 5.95 Å². The topological polar surface area (TPSA) is 70.1 Å². The monoisotopic (exact) mass is 347 g/mol. The molecular weight excluding hydrogens is 326 g/mol. The molecule has 0 amide bonds. The molecule has 5 heteroatoms. The summed E-state index contributed by atoms with van der Waals surface area (Å²) >= 11 is 0. The van der Waals surface area contributed by atoms with E-state index in [0.29, 0.717) is 12.1 Å². The summed E-state index contributed by atoms with van der Waals surface area (Å²) in [5.74, 6) is 1.06. The van der Waals surface area contributed by atoms with E-state index in [1.807, 2.05) is 48.5 Å². The molecule has 0 spiro atoms. The van der Waals surface area contributed by atoms with Crippen molar-refractivity contribution in [3.8, 4) is 5.75 Å². The van der Waals surface area contributed by atoms with E-state index in [0.717, 1.165) is 22.4 Å². The van der Waals surface area contributed by atoms with Crippen LogP contribution in [0.5, 0.6) is 5.75 Å². The molecule has 0 aliphatic rings. The van der Waals surface area contributed by atoms with Crippen molar-refractivity contribution in [1.82, 2.24) is 9.55 Å². The minimum Gasteiger partial charge on any atom is -0.497 e. The van der Waals surface area contributed by atoms with Gasteiger partial charge in [-0.05, 0) is 28.8 Å². The summed E-state index contributed by atoms with van der Waals surface area (Å²) in [5, 5.41) is 0. The summed E-state index contributed by atoms with van der Waals surface area (Å²) in [7, 11) is 3.26. The summed E-state index contributed by atoms with van der Waals surface area (Å²) in [4.78, 5) is 16.1. The molecule has 2 aromatic carbocycles. The predicted octanol–water partition coefficient (Wildman–Crippen LogP) is 3.13. The fourth-order valence-corrected chi connectivity index (χ4v) is 2.62. The standard InChI is InChI=1S/C21H21N3O2/c1-24-20(25)14-18(23-21(24)22)13-17-5-3-4-16(12-17)7-6-15-8-10-19(26-2)11-9-15/h3-12,14H,13H2,1-2H3,(H2,22,23)/b7-6+. The molecule has 0 fully saturated rings. The number of methoxy groups -OCH3 is 1. The van der Waals surface area contributed by atoms with Crippen LogP contribution in [0, 0.1) is 0 Å². The van der Waals surface area contributed by atoms with Gasteiger partial charge in [-0.2, -0.15) is 0 Å². The lowest BCUT2D eigenvalue weighted by atomic mass is 10.1. The first-order valence-corrected chi connectivity index (χ1v) is 8.28. The number of nitrogens with zero attached hydrogens (tertiary/aromatic N) is 2. The smallest absolute Gasteiger partial charge is 0.254 e. The van der Waals surface area contributed by atoms with Crippen LogP contribution in [-0.4, -0.2) is 16.7 Å². The maximum atomic E-state index is 11.8. The number of ether oxygens (including phenoxy) is 1. The number of hydrogen-bond donors (Lipinski definition) is 1. The average molecular weight is 347 g/mol. The van der Waals surface area contributed by atoms with Crippen molar-refractivity contribution in [1.29, 1.82) is 0 Å². The highest BCUT2D eigenvalue weighted by Gasteiger charge is 2.04. The van der Waals surface area contributed by atoms with Gasteiger partial charge in [-0.1, -0.05) is 48.6 Å². The van der Waals surface area contributed by atoms with Crippen LogP contribution < -0.4 is 16.0 Å². The number of rotatable bonds is 5. The van der Waals surface area contributed by atoms with E-state index < -0.39 is 0 Å². The van der Waals surface area contributed by atoms with Crippen LogP contribution in [0.4, 0.5) is 5.95 Å². The first-order chi connectivity index (χ1) is 12.5. The van der Waals surface area contributed by atoms with Crippen LogP contribution in [0.15, 0.2) is 59.4 Å². The first-order valence-electron chi connectivity index (χ1n) is 8.28. The minimum atomic E-state index is -0.150. The van der Waals surface area contributed by atoms with Crippen LogP contribution >= 0.6 is 0 Å². The Balaban J connectivity index is 1.77. The summed E-state index contributed by atoms with van der Waals surface area (Å²) < 4.78 is 6.50. The van der Waals surface area contributed by atoms with E-state index in [-0.39, 0.29) is 11.5 Å². The maximum absolute atomic E-state index is 11.8. The van der Waals surface area contributed by atoms with Gasteiger partial charge in [-0.3, -0.25) is 9.36 Å². The van der Waals surface area contributed by atoms with Crippen LogP contribution in [0.25, 0.3) is 12.2 Å². The molecule has 132 valence electrons. The second-order valence-corrected chi connectivity index (χ2v) is 6.03. The second-order valence-electron chi connectivity index (χ2n) is 6.03. The number of aromatic nitrogens is 2. The molecule has 1 aromatic heterocycles. The number of hydrogen-bond acceptors (Lipinski definition) is 4. The van der Waals surface area contributed by atoms with E-state index in [2.05, 4.69) is 17.1 Å². The quantitative estimate of drug-likeness (QED) is 0.720. The third kappa shape index (κ3) is 4.19. The molecule has 0 saturated carbocycles. The van der Waals surface area contributed by atoms with Crippen LogP contribution in [0.1, 0.15) is 22.4 Å². The lowest BCUT2D eigenvalue weighted by molar-refractivity contribution is 0.415. The van der Waals surface area contributed by atoms with E-state index in [1.54, 1.807) is 14.2 Å². The molecule has 0 bridgehead atoms. The fourth-order valence-electron chi connectivity index (χ4n) is 2.62. The van der Waals surface area contributed by atoms with Gasteiger partial charge in [-0.25, -0.2) is 4.98 Å². The maximum Gasteiger partial charge on any atom is 0.254 e. The SMILES string of the molecule is COc1ccc(/C=C/c2cccc(Cc3cc(=O)n(C)c(N)n3)c2)cc1. The first kappa shape index (κ1) is 17.5. The van der Waals surface area contributed by atoms with Gasteiger partial charge < -0.3 is 10.5 Å². The summed E-state index contributed by atoms with van der Waals surface area (Å²) in [6.45, 7) is 0.